The highest BCUT2D eigenvalue weighted by atomic mass is 79.9. The zero-order chi connectivity index (χ0) is 20.8. The Hall–Kier alpha value is -1.96. The first-order valence-corrected chi connectivity index (χ1v) is 10.7. The van der Waals surface area contributed by atoms with Crippen LogP contribution in [0.1, 0.15) is 48.9 Å². The van der Waals surface area contributed by atoms with Crippen LogP contribution in [0.25, 0.3) is 0 Å². The van der Waals surface area contributed by atoms with Crippen molar-refractivity contribution in [3.63, 3.8) is 0 Å². The second-order valence-electron chi connectivity index (χ2n) is 8.71. The van der Waals surface area contributed by atoms with Gasteiger partial charge in [-0.1, -0.05) is 15.9 Å². The zero-order valence-corrected chi connectivity index (χ0v) is 18.6. The lowest BCUT2D eigenvalue weighted by Gasteiger charge is -2.59. The molecule has 4 bridgehead atoms. The number of benzene rings is 1. The van der Waals surface area contributed by atoms with Crippen LogP contribution in [0, 0.1) is 17.3 Å². The normalized spacial score (nSPS) is 31.9. The van der Waals surface area contributed by atoms with Gasteiger partial charge in [-0.2, -0.15) is 0 Å². The van der Waals surface area contributed by atoms with Gasteiger partial charge < -0.3 is 14.2 Å². The van der Waals surface area contributed by atoms with E-state index in [4.69, 9.17) is 14.2 Å². The molecule has 7 nitrogen and oxygen atoms in total. The second-order valence-corrected chi connectivity index (χ2v) is 10.4. The lowest BCUT2D eigenvalue weighted by molar-refractivity contribution is -0.144. The minimum Gasteiger partial charge on any atom is -0.493 e. The van der Waals surface area contributed by atoms with Gasteiger partial charge in [0.05, 0.1) is 26.7 Å². The van der Waals surface area contributed by atoms with Crippen molar-refractivity contribution in [3.8, 4) is 17.2 Å². The van der Waals surface area contributed by atoms with Gasteiger partial charge in [-0.15, -0.1) is 0 Å². The zero-order valence-electron chi connectivity index (χ0n) is 17.0. The average molecular weight is 467 g/mol. The summed E-state index contributed by atoms with van der Waals surface area (Å²) in [5.41, 5.74) is 5.17. The maximum atomic E-state index is 13.1. The molecule has 1 aromatic rings. The molecule has 0 aliphatic heterocycles. The number of rotatable bonds is 5. The van der Waals surface area contributed by atoms with Gasteiger partial charge in [-0.25, -0.2) is 0 Å². The number of carbonyl (C=O) groups excluding carboxylic acids is 2. The van der Waals surface area contributed by atoms with Gasteiger partial charge in [0, 0.05) is 9.89 Å². The van der Waals surface area contributed by atoms with E-state index in [9.17, 15) is 9.59 Å². The fraction of sp³-hybridized carbons (Fsp3) is 0.619. The van der Waals surface area contributed by atoms with Crippen molar-refractivity contribution < 1.29 is 23.8 Å². The third-order valence-electron chi connectivity index (χ3n) is 6.69. The molecule has 0 heterocycles. The van der Waals surface area contributed by atoms with Crippen molar-refractivity contribution in [1.29, 1.82) is 0 Å². The summed E-state index contributed by atoms with van der Waals surface area (Å²) in [7, 11) is 4.48. The molecule has 0 radical (unpaired) electrons. The maximum absolute atomic E-state index is 13.1. The van der Waals surface area contributed by atoms with Gasteiger partial charge in [-0.3, -0.25) is 20.4 Å². The molecule has 5 rings (SSSR count). The maximum Gasteiger partial charge on any atom is 0.269 e. The number of alkyl halides is 1. The van der Waals surface area contributed by atoms with E-state index in [1.165, 1.54) is 27.8 Å². The molecule has 2 unspecified atom stereocenters. The van der Waals surface area contributed by atoms with Crippen LogP contribution in [0.3, 0.4) is 0 Å². The van der Waals surface area contributed by atoms with Crippen LogP contribution in [0.4, 0.5) is 0 Å². The van der Waals surface area contributed by atoms with E-state index < -0.39 is 11.3 Å². The molecule has 0 saturated heterocycles. The first kappa shape index (κ1) is 20.3. The Kier molecular flexibility index (Phi) is 5.17. The summed E-state index contributed by atoms with van der Waals surface area (Å²) in [5.74, 6) is 1.83. The van der Waals surface area contributed by atoms with Gasteiger partial charge in [0.25, 0.3) is 5.91 Å². The fourth-order valence-corrected chi connectivity index (χ4v) is 7.40. The van der Waals surface area contributed by atoms with Crippen LogP contribution in [0.5, 0.6) is 17.2 Å². The van der Waals surface area contributed by atoms with Gasteiger partial charge in [0.1, 0.15) is 0 Å². The summed E-state index contributed by atoms with van der Waals surface area (Å²) in [6, 6.07) is 3.11. The third kappa shape index (κ3) is 3.56. The van der Waals surface area contributed by atoms with E-state index in [1.54, 1.807) is 12.1 Å². The Morgan fingerprint density at radius 1 is 0.966 bits per heavy atom. The molecular formula is C21H27BrN2O5. The smallest absolute Gasteiger partial charge is 0.269 e. The molecule has 2 N–H and O–H groups in total. The number of ether oxygens (including phenoxy) is 3. The Balaban J connectivity index is 1.47. The van der Waals surface area contributed by atoms with Crippen molar-refractivity contribution in [2.45, 2.75) is 42.8 Å². The standard InChI is InChI=1S/C21H27BrN2O5/c1-27-15-5-14(6-16(28-2)17(15)29-3)18(25)23-24-19(26)20-7-12-4-13(8-20)10-21(22,9-12)11-20/h5-6,12-13H,4,7-11H2,1-3H3,(H,23,25)(H,24,26). The largest absolute Gasteiger partial charge is 0.493 e. The molecule has 0 aromatic heterocycles. The number of nitrogens with one attached hydrogen (secondary N) is 2. The van der Waals surface area contributed by atoms with Crippen LogP contribution >= 0.6 is 15.9 Å². The van der Waals surface area contributed by atoms with E-state index in [0.717, 1.165) is 32.1 Å². The Bertz CT molecular complexity index is 803. The number of amides is 2. The number of hydrogen-bond acceptors (Lipinski definition) is 5. The minimum atomic E-state index is -0.434. The van der Waals surface area contributed by atoms with E-state index in [2.05, 4.69) is 26.8 Å². The molecule has 2 amide bonds. The molecule has 1 aromatic carbocycles. The molecular weight excluding hydrogens is 440 g/mol. The number of hydrogen-bond donors (Lipinski definition) is 2. The first-order chi connectivity index (χ1) is 13.8. The lowest BCUT2D eigenvalue weighted by atomic mass is 9.49. The van der Waals surface area contributed by atoms with Crippen molar-refractivity contribution in [3.05, 3.63) is 17.7 Å². The number of halogens is 1. The number of methoxy groups -OCH3 is 3. The van der Waals surface area contributed by atoms with Crippen LogP contribution in [-0.2, 0) is 4.79 Å². The molecule has 158 valence electrons. The van der Waals surface area contributed by atoms with E-state index in [0.29, 0.717) is 34.6 Å². The lowest BCUT2D eigenvalue weighted by Crippen LogP contribution is -2.60. The fourth-order valence-electron chi connectivity index (χ4n) is 5.95. The molecule has 0 spiro atoms. The molecule has 8 heteroatoms. The molecule has 4 fully saturated rings. The highest BCUT2D eigenvalue weighted by molar-refractivity contribution is 9.10. The summed E-state index contributed by atoms with van der Waals surface area (Å²) < 4.78 is 15.9. The molecule has 4 aliphatic carbocycles. The quantitative estimate of drug-likeness (QED) is 0.513. The van der Waals surface area contributed by atoms with E-state index in [1.807, 2.05) is 0 Å². The van der Waals surface area contributed by atoms with Crippen molar-refractivity contribution in [2.75, 3.05) is 21.3 Å². The van der Waals surface area contributed by atoms with Gasteiger partial charge in [0.2, 0.25) is 11.7 Å². The van der Waals surface area contributed by atoms with Crippen LogP contribution in [0.2, 0.25) is 0 Å². The summed E-state index contributed by atoms with van der Waals surface area (Å²) in [6.45, 7) is 0. The minimum absolute atomic E-state index is 0.0785. The van der Waals surface area contributed by atoms with Crippen LogP contribution in [0.15, 0.2) is 12.1 Å². The topological polar surface area (TPSA) is 85.9 Å². The summed E-state index contributed by atoms with van der Waals surface area (Å²) in [4.78, 5) is 25.8. The average Bonchev–Trinajstić information content (AvgIpc) is 2.68. The van der Waals surface area contributed by atoms with Crippen LogP contribution < -0.4 is 25.1 Å². The monoisotopic (exact) mass is 466 g/mol. The Morgan fingerprint density at radius 3 is 2.03 bits per heavy atom. The first-order valence-electron chi connectivity index (χ1n) is 9.91. The highest BCUT2D eigenvalue weighted by Crippen LogP contribution is 2.64. The molecule has 4 saturated carbocycles. The predicted octanol–water partition coefficient (Wildman–Crippen LogP) is 3.21. The Morgan fingerprint density at radius 2 is 1.55 bits per heavy atom. The van der Waals surface area contributed by atoms with Crippen LogP contribution in [-0.4, -0.2) is 37.5 Å². The molecule has 4 aliphatic rings. The summed E-state index contributed by atoms with van der Waals surface area (Å²) >= 11 is 3.92. The summed E-state index contributed by atoms with van der Waals surface area (Å²) in [6.07, 6.45) is 6.16. The highest BCUT2D eigenvalue weighted by Gasteiger charge is 2.59. The molecule has 29 heavy (non-hydrogen) atoms. The Labute approximate surface area is 178 Å². The van der Waals surface area contributed by atoms with Crippen molar-refractivity contribution >= 4 is 27.7 Å². The third-order valence-corrected chi connectivity index (χ3v) is 7.62. The second kappa shape index (κ2) is 7.38. The van der Waals surface area contributed by atoms with Gasteiger partial charge in [0.15, 0.2) is 11.5 Å². The SMILES string of the molecule is COc1cc(C(=O)NNC(=O)C23CC4CC(CC(Br)(C4)C2)C3)cc(OC)c1OC. The predicted molar refractivity (Wildman–Crippen MR) is 110 cm³/mol. The number of carbonyl (C=O) groups is 2. The molecule has 2 atom stereocenters. The van der Waals surface area contributed by atoms with Gasteiger partial charge >= 0.3 is 0 Å². The summed E-state index contributed by atoms with van der Waals surface area (Å²) in [5, 5.41) is 0. The van der Waals surface area contributed by atoms with Crippen molar-refractivity contribution in [2.24, 2.45) is 17.3 Å². The van der Waals surface area contributed by atoms with E-state index >= 15 is 0 Å². The van der Waals surface area contributed by atoms with Gasteiger partial charge in [-0.05, 0) is 62.5 Å². The van der Waals surface area contributed by atoms with E-state index in [-0.39, 0.29) is 10.2 Å². The van der Waals surface area contributed by atoms with Crippen molar-refractivity contribution in [1.82, 2.24) is 10.9 Å². The number of hydrazine groups is 1.